The number of nitrogens with zero attached hydrogens (tertiary/aromatic N) is 2. The number of allylic oxidation sites excluding steroid dienone is 1. The highest BCUT2D eigenvalue weighted by molar-refractivity contribution is 6.07. The van der Waals surface area contributed by atoms with Gasteiger partial charge in [-0.2, -0.15) is 0 Å². The Bertz CT molecular complexity index is 2050. The number of carbonyl (C=O) groups excluding carboxylic acids is 2. The van der Waals surface area contributed by atoms with E-state index in [1.165, 1.54) is 55.0 Å². The summed E-state index contributed by atoms with van der Waals surface area (Å²) in [6.07, 6.45) is 6.68. The molecular formula is C55H72N2O6. The Morgan fingerprint density at radius 1 is 0.667 bits per heavy atom. The highest BCUT2D eigenvalue weighted by Crippen LogP contribution is 2.41. The molecule has 0 saturated carbocycles. The van der Waals surface area contributed by atoms with E-state index in [2.05, 4.69) is 101 Å². The van der Waals surface area contributed by atoms with Crippen LogP contribution in [-0.4, -0.2) is 68.8 Å². The molecule has 0 bridgehead atoms. The van der Waals surface area contributed by atoms with Gasteiger partial charge in [-0.05, 0) is 60.7 Å². The second kappa shape index (κ2) is 24.1. The summed E-state index contributed by atoms with van der Waals surface area (Å²) in [4.78, 5) is 29.6. The van der Waals surface area contributed by atoms with Crippen molar-refractivity contribution in [2.24, 2.45) is 5.92 Å². The molecule has 0 N–H and O–H groups in total. The van der Waals surface area contributed by atoms with Crippen molar-refractivity contribution in [3.8, 4) is 0 Å². The van der Waals surface area contributed by atoms with E-state index in [-0.39, 0.29) is 41.6 Å². The van der Waals surface area contributed by atoms with Gasteiger partial charge in [-0.25, -0.2) is 9.48 Å². The zero-order valence-electron chi connectivity index (χ0n) is 39.4. The lowest BCUT2D eigenvalue weighted by Crippen LogP contribution is -2.37. The van der Waals surface area contributed by atoms with E-state index < -0.39 is 17.8 Å². The minimum atomic E-state index is -0.925. The molecule has 3 aliphatic heterocycles. The van der Waals surface area contributed by atoms with Gasteiger partial charge in [0.05, 0.1) is 13.0 Å². The zero-order chi connectivity index (χ0) is 45.5. The number of rotatable bonds is 14. The summed E-state index contributed by atoms with van der Waals surface area (Å²) in [5.41, 5.74) is 8.17. The number of ketones is 1. The molecule has 2 fully saturated rings. The van der Waals surface area contributed by atoms with Crippen LogP contribution < -0.4 is 10.0 Å². The van der Waals surface area contributed by atoms with Crippen LogP contribution in [0.2, 0.25) is 0 Å². The SMILES string of the molecule is C1CCOC1.C1CCOC1.COC(=O)[C@@H](CC(=O)c1ccccc1)[C@H](/C=C(\[O-])C1=[N+](c2c(C(C)C)cccc2C(C)C)CCN1c1c(C(C)C)cccc1C(C)C)c1ccccc1. The highest BCUT2D eigenvalue weighted by atomic mass is 16.5. The first-order valence-corrected chi connectivity index (χ1v) is 23.3. The molecule has 3 aliphatic rings. The van der Waals surface area contributed by atoms with Gasteiger partial charge in [0.1, 0.15) is 24.5 Å². The minimum Gasteiger partial charge on any atom is -0.867 e. The number of esters is 1. The maximum absolute atomic E-state index is 15.5. The molecule has 3 heterocycles. The lowest BCUT2D eigenvalue weighted by molar-refractivity contribution is -0.436. The van der Waals surface area contributed by atoms with Crippen LogP contribution in [0.5, 0.6) is 0 Å². The molecule has 4 aromatic carbocycles. The van der Waals surface area contributed by atoms with Crippen LogP contribution in [0.25, 0.3) is 0 Å². The molecule has 7 rings (SSSR count). The molecule has 0 amide bonds. The van der Waals surface area contributed by atoms with Gasteiger partial charge >= 0.3 is 5.97 Å². The molecule has 0 spiro atoms. The number of amidine groups is 1. The number of methoxy groups -OCH3 is 1. The fourth-order valence-electron chi connectivity index (χ4n) is 8.73. The van der Waals surface area contributed by atoms with Crippen LogP contribution in [0.4, 0.5) is 11.4 Å². The van der Waals surface area contributed by atoms with Crippen molar-refractivity contribution in [1.82, 2.24) is 0 Å². The summed E-state index contributed by atoms with van der Waals surface area (Å²) in [6, 6.07) is 31.5. The van der Waals surface area contributed by atoms with Crippen molar-refractivity contribution in [3.63, 3.8) is 0 Å². The Balaban J connectivity index is 0.000000656. The molecular weight excluding hydrogens is 785 g/mol. The van der Waals surface area contributed by atoms with Crippen molar-refractivity contribution in [2.75, 3.05) is 51.5 Å². The van der Waals surface area contributed by atoms with E-state index in [1.807, 2.05) is 48.5 Å². The van der Waals surface area contributed by atoms with Gasteiger partial charge in [0.2, 0.25) is 0 Å². The van der Waals surface area contributed by atoms with E-state index in [9.17, 15) is 9.59 Å². The number of hydrogen-bond donors (Lipinski definition) is 0. The van der Waals surface area contributed by atoms with E-state index in [4.69, 9.17) is 14.2 Å². The van der Waals surface area contributed by atoms with Gasteiger partial charge in [-0.1, -0.05) is 159 Å². The number of para-hydroxylation sites is 2. The predicted molar refractivity (Wildman–Crippen MR) is 255 cm³/mol. The molecule has 4 aromatic rings. The van der Waals surface area contributed by atoms with Gasteiger partial charge in [-0.15, -0.1) is 0 Å². The fraction of sp³-hybridized carbons (Fsp3) is 0.473. The van der Waals surface area contributed by atoms with Gasteiger partial charge in [0.25, 0.3) is 5.84 Å². The average molecular weight is 857 g/mol. The predicted octanol–water partition coefficient (Wildman–Crippen LogP) is 11.4. The third-order valence-electron chi connectivity index (χ3n) is 12.1. The topological polar surface area (TPSA) is 91.1 Å². The first-order valence-electron chi connectivity index (χ1n) is 23.3. The molecule has 8 heteroatoms. The molecule has 338 valence electrons. The van der Waals surface area contributed by atoms with Crippen molar-refractivity contribution in [3.05, 3.63) is 142 Å². The van der Waals surface area contributed by atoms with Gasteiger partial charge < -0.3 is 19.3 Å². The van der Waals surface area contributed by atoms with E-state index in [1.54, 1.807) is 18.2 Å². The summed E-state index contributed by atoms with van der Waals surface area (Å²) in [5, 5.41) is 15.5. The minimum absolute atomic E-state index is 0.107. The first-order chi connectivity index (χ1) is 30.3. The quantitative estimate of drug-likeness (QED) is 0.0540. The smallest absolute Gasteiger partial charge is 0.310 e. The lowest BCUT2D eigenvalue weighted by Gasteiger charge is -2.28. The second-order valence-electron chi connectivity index (χ2n) is 18.0. The number of ether oxygens (including phenoxy) is 3. The fourth-order valence-corrected chi connectivity index (χ4v) is 8.73. The molecule has 2 atom stereocenters. The van der Waals surface area contributed by atoms with Crippen LogP contribution in [0.1, 0.15) is 155 Å². The molecule has 2 saturated heterocycles. The van der Waals surface area contributed by atoms with E-state index >= 15 is 5.11 Å². The summed E-state index contributed by atoms with van der Waals surface area (Å²) in [7, 11) is 1.34. The summed E-state index contributed by atoms with van der Waals surface area (Å²) >= 11 is 0. The Morgan fingerprint density at radius 2 is 1.13 bits per heavy atom. The van der Waals surface area contributed by atoms with Gasteiger partial charge in [-0.3, -0.25) is 9.59 Å². The Kier molecular flexibility index (Phi) is 18.8. The summed E-state index contributed by atoms with van der Waals surface area (Å²) in [5.74, 6) is -1.12. The zero-order valence-corrected chi connectivity index (χ0v) is 39.4. The van der Waals surface area contributed by atoms with E-state index in [0.29, 0.717) is 24.5 Å². The molecule has 63 heavy (non-hydrogen) atoms. The highest BCUT2D eigenvalue weighted by Gasteiger charge is 2.40. The summed E-state index contributed by atoms with van der Waals surface area (Å²) < 4.78 is 17.5. The third-order valence-corrected chi connectivity index (χ3v) is 12.1. The maximum Gasteiger partial charge on any atom is 0.310 e. The standard InChI is InChI=1S/C47H56N2O4.2C4H8O/c1-30(2)36-22-16-23-37(31(3)4)44(36)48-26-27-49(45-38(32(5)6)24-17-25-39(45)33(7)8)46(48)43(51)28-40(34-18-12-10-13-19-34)41(47(52)53-9)29-42(50)35-20-14-11-15-21-35;2*1-2-4-5-3-1/h10-25,28,30-33,40-41H,26-27,29H2,1-9H3;2*1-4H2/b43-28-;;/t40-,41+;;/m1../s1. The van der Waals surface area contributed by atoms with Crippen LogP contribution >= 0.6 is 0 Å². The van der Waals surface area contributed by atoms with Crippen LogP contribution in [0.15, 0.2) is 109 Å². The number of hydrogen-bond acceptors (Lipinski definition) is 7. The van der Waals surface area contributed by atoms with Crippen molar-refractivity contribution >= 4 is 29.0 Å². The average Bonchev–Trinajstić information content (AvgIpc) is 4.14. The Labute approximate surface area is 378 Å². The number of benzene rings is 4. The largest absolute Gasteiger partial charge is 0.867 e. The molecule has 0 aliphatic carbocycles. The monoisotopic (exact) mass is 857 g/mol. The normalized spacial score (nSPS) is 16.3. The van der Waals surface area contributed by atoms with Crippen LogP contribution in [0.3, 0.4) is 0 Å². The molecule has 0 radical (unpaired) electrons. The molecule has 8 nitrogen and oxygen atoms in total. The van der Waals surface area contributed by atoms with Crippen molar-refractivity contribution in [2.45, 2.75) is 117 Å². The van der Waals surface area contributed by atoms with Crippen molar-refractivity contribution < 1.29 is 33.5 Å². The van der Waals surface area contributed by atoms with Crippen molar-refractivity contribution in [1.29, 1.82) is 0 Å². The van der Waals surface area contributed by atoms with Gasteiger partial charge in [0.15, 0.2) is 5.78 Å². The van der Waals surface area contributed by atoms with Crippen LogP contribution in [0, 0.1) is 5.92 Å². The Morgan fingerprint density at radius 3 is 1.56 bits per heavy atom. The molecule has 0 unspecified atom stereocenters. The Hall–Kier alpha value is -5.05. The van der Waals surface area contributed by atoms with Gasteiger partial charge in [0, 0.05) is 66.6 Å². The summed E-state index contributed by atoms with van der Waals surface area (Å²) in [6.45, 7) is 22.8. The molecule has 0 aromatic heterocycles. The third kappa shape index (κ3) is 12.8. The van der Waals surface area contributed by atoms with E-state index in [0.717, 1.165) is 43.4 Å². The number of carbonyl (C=O) groups is 2. The number of anilines is 1. The van der Waals surface area contributed by atoms with Crippen LogP contribution in [-0.2, 0) is 19.0 Å². The second-order valence-corrected chi connectivity index (χ2v) is 18.0. The lowest BCUT2D eigenvalue weighted by atomic mass is 9.81. The first kappa shape index (κ1) is 49.0. The maximum atomic E-state index is 15.5. The number of Topliss-reactive ketones (excluding diaryl/α,β-unsaturated/α-hetero) is 1.